The van der Waals surface area contributed by atoms with Gasteiger partial charge in [0, 0.05) is 24.3 Å². The van der Waals surface area contributed by atoms with Crippen molar-refractivity contribution < 1.29 is 4.79 Å². The SMILES string of the molecule is CCNC(=O)c1ccc(CNc2cccc(C)n2)cc1. The van der Waals surface area contributed by atoms with Crippen LogP contribution in [0.15, 0.2) is 42.5 Å². The summed E-state index contributed by atoms with van der Waals surface area (Å²) in [5.74, 6) is 0.824. The van der Waals surface area contributed by atoms with E-state index in [2.05, 4.69) is 15.6 Å². The molecule has 0 atom stereocenters. The molecule has 2 N–H and O–H groups in total. The Hall–Kier alpha value is -2.36. The van der Waals surface area contributed by atoms with Gasteiger partial charge < -0.3 is 10.6 Å². The first-order chi connectivity index (χ1) is 9.69. The second-order valence-electron chi connectivity index (χ2n) is 4.57. The molecule has 0 fully saturated rings. The van der Waals surface area contributed by atoms with Crippen molar-refractivity contribution in [3.63, 3.8) is 0 Å². The summed E-state index contributed by atoms with van der Waals surface area (Å²) in [6.07, 6.45) is 0. The number of carbonyl (C=O) groups is 1. The molecule has 0 unspecified atom stereocenters. The molecule has 0 saturated heterocycles. The van der Waals surface area contributed by atoms with Gasteiger partial charge in [-0.15, -0.1) is 0 Å². The molecule has 0 spiro atoms. The Labute approximate surface area is 119 Å². The predicted octanol–water partition coefficient (Wildman–Crippen LogP) is 2.75. The lowest BCUT2D eigenvalue weighted by Gasteiger charge is -2.07. The molecule has 4 heteroatoms. The number of anilines is 1. The van der Waals surface area contributed by atoms with Crippen LogP contribution in [0.5, 0.6) is 0 Å². The van der Waals surface area contributed by atoms with Gasteiger partial charge in [0.2, 0.25) is 0 Å². The van der Waals surface area contributed by atoms with Gasteiger partial charge in [-0.1, -0.05) is 18.2 Å². The molecule has 4 nitrogen and oxygen atoms in total. The third-order valence-electron chi connectivity index (χ3n) is 2.92. The number of amides is 1. The monoisotopic (exact) mass is 269 g/mol. The normalized spacial score (nSPS) is 10.1. The minimum Gasteiger partial charge on any atom is -0.366 e. The van der Waals surface area contributed by atoms with E-state index in [0.29, 0.717) is 18.7 Å². The van der Waals surface area contributed by atoms with Crippen LogP contribution in [0.3, 0.4) is 0 Å². The summed E-state index contributed by atoms with van der Waals surface area (Å²) in [6.45, 7) is 5.20. The van der Waals surface area contributed by atoms with Gasteiger partial charge >= 0.3 is 0 Å². The van der Waals surface area contributed by atoms with Gasteiger partial charge in [0.05, 0.1) is 0 Å². The van der Waals surface area contributed by atoms with E-state index >= 15 is 0 Å². The second kappa shape index (κ2) is 6.70. The molecule has 2 rings (SSSR count). The van der Waals surface area contributed by atoms with Crippen LogP contribution in [-0.4, -0.2) is 17.4 Å². The smallest absolute Gasteiger partial charge is 0.251 e. The summed E-state index contributed by atoms with van der Waals surface area (Å²) in [7, 11) is 0. The maximum atomic E-state index is 11.6. The zero-order valence-electron chi connectivity index (χ0n) is 11.8. The van der Waals surface area contributed by atoms with Crippen molar-refractivity contribution in [1.82, 2.24) is 10.3 Å². The zero-order chi connectivity index (χ0) is 14.4. The molecular formula is C16H19N3O. The Morgan fingerprint density at radius 2 is 1.90 bits per heavy atom. The number of pyridine rings is 1. The molecule has 0 aliphatic rings. The van der Waals surface area contributed by atoms with E-state index in [9.17, 15) is 4.79 Å². The van der Waals surface area contributed by atoms with Crippen molar-refractivity contribution in [3.8, 4) is 0 Å². The first-order valence-corrected chi connectivity index (χ1v) is 6.73. The molecule has 0 aliphatic carbocycles. The van der Waals surface area contributed by atoms with Crippen molar-refractivity contribution in [2.24, 2.45) is 0 Å². The van der Waals surface area contributed by atoms with Crippen LogP contribution in [0.25, 0.3) is 0 Å². The maximum absolute atomic E-state index is 11.6. The Morgan fingerprint density at radius 1 is 1.15 bits per heavy atom. The number of nitrogens with one attached hydrogen (secondary N) is 2. The number of hydrogen-bond acceptors (Lipinski definition) is 3. The Kier molecular flexibility index (Phi) is 4.71. The molecule has 2 aromatic rings. The van der Waals surface area contributed by atoms with Gasteiger partial charge in [-0.2, -0.15) is 0 Å². The van der Waals surface area contributed by atoms with Gasteiger partial charge in [0.1, 0.15) is 5.82 Å². The number of hydrogen-bond donors (Lipinski definition) is 2. The van der Waals surface area contributed by atoms with E-state index in [4.69, 9.17) is 0 Å². The van der Waals surface area contributed by atoms with E-state index in [0.717, 1.165) is 17.1 Å². The number of aromatic nitrogens is 1. The summed E-state index contributed by atoms with van der Waals surface area (Å²) >= 11 is 0. The first kappa shape index (κ1) is 14.1. The lowest BCUT2D eigenvalue weighted by Crippen LogP contribution is -2.22. The Morgan fingerprint density at radius 3 is 2.55 bits per heavy atom. The van der Waals surface area contributed by atoms with Crippen molar-refractivity contribution in [2.75, 3.05) is 11.9 Å². The standard InChI is InChI=1S/C16H19N3O/c1-3-17-16(20)14-9-7-13(8-10-14)11-18-15-6-4-5-12(2)19-15/h4-10H,3,11H2,1-2H3,(H,17,20)(H,18,19). The third-order valence-corrected chi connectivity index (χ3v) is 2.92. The molecule has 0 aliphatic heterocycles. The van der Waals surface area contributed by atoms with Gasteiger partial charge in [-0.05, 0) is 43.7 Å². The van der Waals surface area contributed by atoms with Crippen molar-refractivity contribution in [2.45, 2.75) is 20.4 Å². The maximum Gasteiger partial charge on any atom is 0.251 e. The van der Waals surface area contributed by atoms with Gasteiger partial charge in [-0.25, -0.2) is 4.98 Å². The predicted molar refractivity (Wildman–Crippen MR) is 80.7 cm³/mol. The minimum absolute atomic E-state index is 0.0349. The van der Waals surface area contributed by atoms with Crippen LogP contribution in [0.4, 0.5) is 5.82 Å². The van der Waals surface area contributed by atoms with Crippen LogP contribution in [0, 0.1) is 6.92 Å². The molecule has 20 heavy (non-hydrogen) atoms. The number of aryl methyl sites for hydroxylation is 1. The number of benzene rings is 1. The lowest BCUT2D eigenvalue weighted by molar-refractivity contribution is 0.0956. The van der Waals surface area contributed by atoms with Crippen LogP contribution in [-0.2, 0) is 6.54 Å². The summed E-state index contributed by atoms with van der Waals surface area (Å²) in [4.78, 5) is 16.0. The highest BCUT2D eigenvalue weighted by molar-refractivity contribution is 5.94. The Balaban J connectivity index is 1.95. The number of carbonyl (C=O) groups excluding carboxylic acids is 1. The van der Waals surface area contributed by atoms with E-state index in [1.807, 2.05) is 56.3 Å². The van der Waals surface area contributed by atoms with Crippen molar-refractivity contribution in [3.05, 3.63) is 59.3 Å². The number of rotatable bonds is 5. The summed E-state index contributed by atoms with van der Waals surface area (Å²) in [5.41, 5.74) is 2.78. The van der Waals surface area contributed by atoms with E-state index in [1.54, 1.807) is 0 Å². The van der Waals surface area contributed by atoms with Gasteiger partial charge in [0.25, 0.3) is 5.91 Å². The third kappa shape index (κ3) is 3.82. The zero-order valence-corrected chi connectivity index (χ0v) is 11.8. The van der Waals surface area contributed by atoms with Crippen molar-refractivity contribution >= 4 is 11.7 Å². The average Bonchev–Trinajstić information content (AvgIpc) is 2.46. The highest BCUT2D eigenvalue weighted by Gasteiger charge is 2.03. The second-order valence-corrected chi connectivity index (χ2v) is 4.57. The quantitative estimate of drug-likeness (QED) is 0.877. The van der Waals surface area contributed by atoms with Crippen molar-refractivity contribution in [1.29, 1.82) is 0 Å². The molecule has 0 bridgehead atoms. The first-order valence-electron chi connectivity index (χ1n) is 6.73. The summed E-state index contributed by atoms with van der Waals surface area (Å²) in [6, 6.07) is 13.5. The molecule has 1 heterocycles. The van der Waals surface area contributed by atoms with Gasteiger partial charge in [0.15, 0.2) is 0 Å². The van der Waals surface area contributed by atoms with Crippen LogP contribution >= 0.6 is 0 Å². The molecule has 104 valence electrons. The molecule has 1 aromatic heterocycles. The van der Waals surface area contributed by atoms with E-state index < -0.39 is 0 Å². The molecule has 0 saturated carbocycles. The highest BCUT2D eigenvalue weighted by atomic mass is 16.1. The van der Waals surface area contributed by atoms with Crippen LogP contribution in [0.1, 0.15) is 28.5 Å². The fourth-order valence-electron chi connectivity index (χ4n) is 1.87. The van der Waals surface area contributed by atoms with Crippen LogP contribution in [0.2, 0.25) is 0 Å². The summed E-state index contributed by atoms with van der Waals surface area (Å²) < 4.78 is 0. The lowest BCUT2D eigenvalue weighted by atomic mass is 10.1. The van der Waals surface area contributed by atoms with Gasteiger partial charge in [-0.3, -0.25) is 4.79 Å². The topological polar surface area (TPSA) is 54.0 Å². The fraction of sp³-hybridized carbons (Fsp3) is 0.250. The van der Waals surface area contributed by atoms with E-state index in [1.165, 1.54) is 0 Å². The van der Waals surface area contributed by atoms with E-state index in [-0.39, 0.29) is 5.91 Å². The molecule has 1 aromatic carbocycles. The fourth-order valence-corrected chi connectivity index (χ4v) is 1.87. The minimum atomic E-state index is -0.0349. The largest absolute Gasteiger partial charge is 0.366 e. The van der Waals surface area contributed by atoms with Crippen LogP contribution < -0.4 is 10.6 Å². The summed E-state index contributed by atoms with van der Waals surface area (Å²) in [5, 5.41) is 6.04. The molecule has 1 amide bonds. The molecule has 0 radical (unpaired) electrons. The Bertz CT molecular complexity index is 579. The molecular weight excluding hydrogens is 250 g/mol. The average molecular weight is 269 g/mol. The number of nitrogens with zero attached hydrogens (tertiary/aromatic N) is 1. The highest BCUT2D eigenvalue weighted by Crippen LogP contribution is 2.09.